The van der Waals surface area contributed by atoms with Gasteiger partial charge in [-0.05, 0) is 48.5 Å². The first-order chi connectivity index (χ1) is 25.9. The Morgan fingerprint density at radius 3 is 0.793 bits per heavy atom. The number of carboxylic acids is 4. The number of hydrogen-bond donors (Lipinski definition) is 2. The van der Waals surface area contributed by atoms with Crippen LogP contribution in [0.5, 0.6) is 0 Å². The normalized spacial score (nSPS) is 9.52. The molecule has 0 fully saturated rings. The van der Waals surface area contributed by atoms with Crippen molar-refractivity contribution in [1.82, 2.24) is 9.97 Å². The van der Waals surface area contributed by atoms with Gasteiger partial charge in [-0.2, -0.15) is 0 Å². The van der Waals surface area contributed by atoms with E-state index in [0.717, 1.165) is 79.3 Å². The molecule has 0 amide bonds. The first-order valence-electron chi connectivity index (χ1n) is 15.9. The summed E-state index contributed by atoms with van der Waals surface area (Å²) in [6.07, 6.45) is 0. The summed E-state index contributed by atoms with van der Waals surface area (Å²) in [7, 11) is 0. The van der Waals surface area contributed by atoms with Crippen LogP contribution in [0.2, 0.25) is 0 Å². The molecular weight excluding hydrogens is 806 g/mol. The van der Waals surface area contributed by atoms with Gasteiger partial charge >= 0.3 is 19.5 Å². The molecule has 4 heterocycles. The van der Waals surface area contributed by atoms with E-state index >= 15 is 0 Å². The number of nitrogens with zero attached hydrogens (tertiary/aromatic N) is 2. The summed E-state index contributed by atoms with van der Waals surface area (Å²) >= 11 is 0. The average molecular weight is 840 g/mol. The monoisotopic (exact) mass is 838 g/mol. The summed E-state index contributed by atoms with van der Waals surface area (Å²) in [6.45, 7) is 0. The van der Waals surface area contributed by atoms with Gasteiger partial charge in [-0.3, -0.25) is 0 Å². The minimum atomic E-state index is -1.52. The molecule has 0 unspecified atom stereocenters. The van der Waals surface area contributed by atoms with E-state index in [2.05, 4.69) is 19.9 Å². The number of pyridine rings is 4. The number of nitrogen functional groups attached to an aromatic ring is 2. The molecule has 0 spiro atoms. The first kappa shape index (κ1) is 48.5. The van der Waals surface area contributed by atoms with E-state index < -0.39 is 46.7 Å². The molecule has 8 aromatic rings. The maximum Gasteiger partial charge on any atom is 2.00 e. The van der Waals surface area contributed by atoms with E-state index in [0.29, 0.717) is 0 Å². The fraction of sp³-hybridized carbons (Fsp3) is 0. The van der Waals surface area contributed by atoms with E-state index in [1.807, 2.05) is 97.1 Å². The molecule has 0 aliphatic heterocycles. The molecule has 18 heteroatoms. The Bertz CT molecular complexity index is 2350. The molecule has 12 N–H and O–H groups in total. The fourth-order valence-corrected chi connectivity index (χ4v) is 5.21. The number of carboxylic acid groups (broad SMARTS) is 4. The molecule has 0 aliphatic rings. The van der Waals surface area contributed by atoms with Gasteiger partial charge < -0.3 is 67.5 Å². The van der Waals surface area contributed by atoms with Crippen LogP contribution >= 0.6 is 0 Å². The second-order valence-electron chi connectivity index (χ2n) is 11.2. The molecule has 292 valence electrons. The van der Waals surface area contributed by atoms with Crippen LogP contribution in [0.25, 0.3) is 43.6 Å². The van der Waals surface area contributed by atoms with E-state index in [1.165, 1.54) is 12.1 Å². The molecule has 0 aliphatic carbocycles. The smallest absolute Gasteiger partial charge is 0.543 e. The zero-order valence-electron chi connectivity index (χ0n) is 30.2. The summed E-state index contributed by atoms with van der Waals surface area (Å²) in [5.74, 6) is -6.06. The Hall–Kier alpha value is -7.50. The van der Waals surface area contributed by atoms with Gasteiger partial charge in [0.1, 0.15) is 0 Å². The Morgan fingerprint density at radius 1 is 0.379 bits per heavy atom. The number of aromatic nitrogens is 4. The number of fused-ring (bicyclic) bond motifs is 4. The summed E-state index contributed by atoms with van der Waals surface area (Å²) in [5, 5.41) is 45.1. The van der Waals surface area contributed by atoms with Crippen LogP contribution in [-0.2, 0) is 19.5 Å². The van der Waals surface area contributed by atoms with Crippen molar-refractivity contribution in [2.45, 2.75) is 0 Å². The number of H-pyrrole nitrogens is 2. The van der Waals surface area contributed by atoms with Gasteiger partial charge in [-0.1, -0.05) is 60.7 Å². The number of carbonyl (C=O) groups is 4. The van der Waals surface area contributed by atoms with Gasteiger partial charge in [-0.25, -0.2) is 19.9 Å². The van der Waals surface area contributed by atoms with Crippen molar-refractivity contribution in [2.24, 2.45) is 0 Å². The van der Waals surface area contributed by atoms with Gasteiger partial charge in [0.25, 0.3) is 0 Å². The third kappa shape index (κ3) is 11.8. The molecular formula is C40H34N6O11Zn. The van der Waals surface area contributed by atoms with Crippen LogP contribution < -0.4 is 41.9 Å². The number of carbonyl (C=O) groups excluding carboxylic acids is 4. The topological polar surface area (TPSA) is 361 Å². The van der Waals surface area contributed by atoms with Crippen LogP contribution in [0.3, 0.4) is 0 Å². The van der Waals surface area contributed by atoms with Crippen LogP contribution in [0, 0.1) is 0 Å². The third-order valence-corrected chi connectivity index (χ3v) is 7.74. The number of anilines is 2. The standard InChI is InChI=1S/2C13H10N2.2C7H5NO4.3H2O.Zn/c2*14-13-9-5-1-3-7-11(9)15-12-8-4-2-6-10(12)13;2*9-6(10)4-2-1-3-5(8-4)7(11)12;;;;/h2*1-8H,(H2,14,15);2*1-3H,(H,9,10)(H,11,12);3*1H2;/q;;;;;;;+2/p-2. The molecule has 4 aromatic carbocycles. The first-order valence-corrected chi connectivity index (χ1v) is 15.9. The van der Waals surface area contributed by atoms with Crippen LogP contribution in [0.4, 0.5) is 11.4 Å². The molecule has 17 nitrogen and oxygen atoms in total. The molecule has 0 saturated heterocycles. The van der Waals surface area contributed by atoms with Crippen LogP contribution in [0.15, 0.2) is 133 Å². The summed E-state index contributed by atoms with van der Waals surface area (Å²) < 4.78 is 0. The number of benzene rings is 4. The molecule has 0 radical (unpaired) electrons. The Morgan fingerprint density at radius 2 is 0.586 bits per heavy atom. The Labute approximate surface area is 341 Å². The zero-order valence-corrected chi connectivity index (χ0v) is 33.2. The van der Waals surface area contributed by atoms with Crippen molar-refractivity contribution in [1.29, 1.82) is 0 Å². The number of hydrogen-bond acceptors (Lipinski definition) is 12. The predicted octanol–water partition coefficient (Wildman–Crippen LogP) is -2.08. The molecule has 8 rings (SSSR count). The van der Waals surface area contributed by atoms with E-state index in [1.54, 1.807) is 0 Å². The summed E-state index contributed by atoms with van der Waals surface area (Å²) in [6, 6.07) is 39.4. The van der Waals surface area contributed by atoms with Crippen molar-refractivity contribution in [3.05, 3.63) is 156 Å². The van der Waals surface area contributed by atoms with E-state index in [9.17, 15) is 39.6 Å². The molecule has 0 atom stereocenters. The predicted molar refractivity (Wildman–Crippen MR) is 201 cm³/mol. The zero-order chi connectivity index (χ0) is 38.8. The Kier molecular flexibility index (Phi) is 18.5. The average Bonchev–Trinajstić information content (AvgIpc) is 3.19. The maximum absolute atomic E-state index is 10.2. The second kappa shape index (κ2) is 22.2. The minimum Gasteiger partial charge on any atom is -0.543 e. The number of aromatic amines is 2. The largest absolute Gasteiger partial charge is 2.00 e. The van der Waals surface area contributed by atoms with Crippen molar-refractivity contribution in [3.8, 4) is 0 Å². The van der Waals surface area contributed by atoms with Crippen molar-refractivity contribution in [2.75, 3.05) is 11.5 Å². The van der Waals surface area contributed by atoms with Crippen LogP contribution in [0.1, 0.15) is 42.0 Å². The third-order valence-electron chi connectivity index (χ3n) is 7.74. The van der Waals surface area contributed by atoms with E-state index in [4.69, 9.17) is 11.5 Å². The number of aromatic carboxylic acids is 4. The maximum atomic E-state index is 10.2. The van der Waals surface area contributed by atoms with Gasteiger partial charge in [0.05, 0.1) is 79.6 Å². The molecule has 0 saturated carbocycles. The van der Waals surface area contributed by atoms with E-state index in [-0.39, 0.29) is 35.9 Å². The molecule has 0 bridgehead atoms. The number of nitrogens with two attached hydrogens (primary N) is 2. The van der Waals surface area contributed by atoms with Crippen molar-refractivity contribution < 1.29 is 85.5 Å². The number of rotatable bonds is 4. The molecule has 58 heavy (non-hydrogen) atoms. The summed E-state index contributed by atoms with van der Waals surface area (Å²) in [5.41, 5.74) is 16.6. The number of nitrogens with one attached hydrogen (secondary N) is 2. The van der Waals surface area contributed by atoms with Crippen molar-refractivity contribution >= 4 is 78.9 Å². The SMILES string of the molecule is Nc1c2ccccc2[nH+]c2ccccc12.Nc1c2ccccc2[nH+]c2ccccc12.O.O.O.O=C([O-])c1cccc(C(=O)[O-])n1.O=C([O-])c1cccc(C(=O)[O-])n1.[Zn+2]. The van der Waals surface area contributed by atoms with Crippen LogP contribution in [-0.4, -0.2) is 50.3 Å². The van der Waals surface area contributed by atoms with Gasteiger partial charge in [0, 0.05) is 24.3 Å². The van der Waals surface area contributed by atoms with Gasteiger partial charge in [-0.15, -0.1) is 0 Å². The van der Waals surface area contributed by atoms with Crippen molar-refractivity contribution in [3.63, 3.8) is 0 Å². The number of para-hydroxylation sites is 4. The summed E-state index contributed by atoms with van der Waals surface area (Å²) in [4.78, 5) is 54.0. The Balaban J connectivity index is 0.000000381. The second-order valence-corrected chi connectivity index (χ2v) is 11.2. The minimum absolute atomic E-state index is 0. The van der Waals surface area contributed by atoms with Gasteiger partial charge in [0.15, 0.2) is 0 Å². The fourth-order valence-electron chi connectivity index (χ4n) is 5.21. The molecule has 4 aromatic heterocycles. The quantitative estimate of drug-likeness (QED) is 0.142. The van der Waals surface area contributed by atoms with Gasteiger partial charge in [0.2, 0.25) is 22.1 Å².